The summed E-state index contributed by atoms with van der Waals surface area (Å²) in [5, 5.41) is 19.4. The van der Waals surface area contributed by atoms with Crippen LogP contribution in [0.1, 0.15) is 12.8 Å². The van der Waals surface area contributed by atoms with E-state index in [4.69, 9.17) is 9.47 Å². The average Bonchev–Trinajstić information content (AvgIpc) is 3.38. The number of methoxy groups -OCH3 is 1. The summed E-state index contributed by atoms with van der Waals surface area (Å²) in [6, 6.07) is 12.7. The molecule has 9 heteroatoms. The first kappa shape index (κ1) is 21.3. The van der Waals surface area contributed by atoms with Crippen molar-refractivity contribution in [1.82, 2.24) is 9.47 Å². The lowest BCUT2D eigenvalue weighted by molar-refractivity contribution is -0.120. The highest BCUT2D eigenvalue weighted by Gasteiger charge is 2.21. The number of aromatic hydroxyl groups is 1. The van der Waals surface area contributed by atoms with E-state index in [1.54, 1.807) is 22.8 Å². The fourth-order valence-corrected chi connectivity index (χ4v) is 4.03. The normalized spacial score (nSPS) is 14.5. The molecule has 0 radical (unpaired) electrons. The van der Waals surface area contributed by atoms with Gasteiger partial charge in [0.25, 0.3) is 0 Å². The Hall–Kier alpha value is -2.91. The maximum absolute atomic E-state index is 12.3. The highest BCUT2D eigenvalue weighted by molar-refractivity contribution is 9.10. The van der Waals surface area contributed by atoms with Crippen LogP contribution in [0.5, 0.6) is 17.4 Å². The maximum Gasteiger partial charge on any atom is 0.302 e. The van der Waals surface area contributed by atoms with Crippen molar-refractivity contribution in [2.45, 2.75) is 19.5 Å². The van der Waals surface area contributed by atoms with Crippen molar-refractivity contribution in [2.75, 3.05) is 26.8 Å². The molecule has 1 saturated heterocycles. The molecular formula is C22H23BrN4O4. The van der Waals surface area contributed by atoms with Crippen molar-refractivity contribution in [3.8, 4) is 17.4 Å². The van der Waals surface area contributed by atoms with Crippen LogP contribution in [0.25, 0.3) is 10.9 Å². The number of hydrogen-bond acceptors (Lipinski definition) is 6. The second kappa shape index (κ2) is 9.49. The summed E-state index contributed by atoms with van der Waals surface area (Å²) in [7, 11) is 1.53. The van der Waals surface area contributed by atoms with Gasteiger partial charge in [-0.25, -0.2) is 0 Å². The minimum Gasteiger partial charge on any atom is -0.493 e. The topological polar surface area (TPSA) is 88.6 Å². The number of azo groups is 1. The van der Waals surface area contributed by atoms with Gasteiger partial charge in [0.05, 0.1) is 19.3 Å². The van der Waals surface area contributed by atoms with Crippen molar-refractivity contribution in [3.63, 3.8) is 0 Å². The van der Waals surface area contributed by atoms with E-state index in [9.17, 15) is 9.90 Å². The summed E-state index contributed by atoms with van der Waals surface area (Å²) >= 11 is 3.46. The smallest absolute Gasteiger partial charge is 0.302 e. The van der Waals surface area contributed by atoms with Gasteiger partial charge in [0, 0.05) is 9.86 Å². The molecule has 8 nitrogen and oxygen atoms in total. The number of nitrogens with zero attached hydrogens (tertiary/aromatic N) is 4. The molecule has 0 spiro atoms. The molecule has 3 aromatic rings. The van der Waals surface area contributed by atoms with Crippen molar-refractivity contribution in [2.24, 2.45) is 10.2 Å². The van der Waals surface area contributed by atoms with E-state index in [0.717, 1.165) is 35.9 Å². The number of carbonyl (C=O) groups excluding carboxylic acids is 1. The molecule has 0 unspecified atom stereocenters. The number of hydrogen-bond donors (Lipinski definition) is 1. The lowest BCUT2D eigenvalue weighted by Crippen LogP contribution is -2.22. The van der Waals surface area contributed by atoms with Gasteiger partial charge in [-0.2, -0.15) is 0 Å². The summed E-state index contributed by atoms with van der Waals surface area (Å²) in [6.07, 6.45) is 2.30. The molecule has 31 heavy (non-hydrogen) atoms. The lowest BCUT2D eigenvalue weighted by Gasteiger charge is -2.17. The fraction of sp³-hybridized carbons (Fsp3) is 0.318. The van der Waals surface area contributed by atoms with Crippen LogP contribution in [-0.4, -0.2) is 47.3 Å². The number of likely N-dealkylation sites (tertiary alicyclic amines) is 1. The quantitative estimate of drug-likeness (QED) is 0.481. The van der Waals surface area contributed by atoms with Crippen LogP contribution < -0.4 is 9.47 Å². The number of fused-ring (bicyclic) bond motifs is 1. The molecule has 4 rings (SSSR count). The van der Waals surface area contributed by atoms with E-state index in [-0.39, 0.29) is 18.2 Å². The van der Waals surface area contributed by atoms with Gasteiger partial charge in [0.15, 0.2) is 23.8 Å². The van der Waals surface area contributed by atoms with Crippen LogP contribution >= 0.6 is 15.9 Å². The summed E-state index contributed by atoms with van der Waals surface area (Å²) in [5.74, 6) is 0.394. The van der Waals surface area contributed by atoms with E-state index in [1.807, 2.05) is 24.3 Å². The molecule has 1 fully saturated rings. The Labute approximate surface area is 188 Å². The molecule has 0 saturated carbocycles. The van der Waals surface area contributed by atoms with Gasteiger partial charge in [-0.3, -0.25) is 14.3 Å². The molecule has 0 aliphatic carbocycles. The minimum absolute atomic E-state index is 0.0119. The molecule has 1 amide bonds. The van der Waals surface area contributed by atoms with Crippen LogP contribution in [0.15, 0.2) is 57.2 Å². The van der Waals surface area contributed by atoms with Gasteiger partial charge in [-0.05, 0) is 56.3 Å². The van der Waals surface area contributed by atoms with Crippen LogP contribution in [0.4, 0.5) is 5.69 Å². The molecule has 1 N–H and O–H groups in total. The standard InChI is InChI=1S/C22H23BrN4O4/c1-30-18-6-2-3-7-19(18)31-13-20(28)24-25-21-16-12-15(23)8-9-17(16)27(22(21)29)14-26-10-4-5-11-26/h2-3,6-9,12,29H,4-5,10-11,13-14H2,1H3. The number of benzene rings is 2. The zero-order valence-corrected chi connectivity index (χ0v) is 18.7. The van der Waals surface area contributed by atoms with Gasteiger partial charge >= 0.3 is 5.91 Å². The molecule has 0 bridgehead atoms. The van der Waals surface area contributed by atoms with Crippen molar-refractivity contribution in [1.29, 1.82) is 0 Å². The van der Waals surface area contributed by atoms with Gasteiger partial charge in [0.1, 0.15) is 0 Å². The van der Waals surface area contributed by atoms with Crippen LogP contribution in [0.2, 0.25) is 0 Å². The van der Waals surface area contributed by atoms with Gasteiger partial charge in [-0.1, -0.05) is 28.1 Å². The number of aromatic nitrogens is 1. The van der Waals surface area contributed by atoms with Gasteiger partial charge < -0.3 is 14.6 Å². The molecular weight excluding hydrogens is 464 g/mol. The molecule has 2 heterocycles. The van der Waals surface area contributed by atoms with E-state index >= 15 is 0 Å². The Kier molecular flexibility index (Phi) is 6.53. The van der Waals surface area contributed by atoms with Crippen molar-refractivity contribution in [3.05, 3.63) is 46.9 Å². The predicted octanol–water partition coefficient (Wildman–Crippen LogP) is 4.86. The maximum atomic E-state index is 12.3. The SMILES string of the molecule is COc1ccccc1OCC(=O)N=Nc1c(O)n(CN2CCCC2)c2ccc(Br)cc12. The van der Waals surface area contributed by atoms with Crippen LogP contribution in [0, 0.1) is 0 Å². The predicted molar refractivity (Wildman–Crippen MR) is 120 cm³/mol. The third kappa shape index (κ3) is 4.72. The average molecular weight is 487 g/mol. The Morgan fingerprint density at radius 3 is 2.65 bits per heavy atom. The third-order valence-electron chi connectivity index (χ3n) is 5.19. The first-order valence-corrected chi connectivity index (χ1v) is 10.8. The Morgan fingerprint density at radius 2 is 1.90 bits per heavy atom. The molecule has 1 aliphatic rings. The van der Waals surface area contributed by atoms with Crippen LogP contribution in [0.3, 0.4) is 0 Å². The van der Waals surface area contributed by atoms with Crippen molar-refractivity contribution >= 4 is 38.4 Å². The highest BCUT2D eigenvalue weighted by Crippen LogP contribution is 2.40. The second-order valence-electron chi connectivity index (χ2n) is 7.26. The minimum atomic E-state index is -0.569. The Morgan fingerprint density at radius 1 is 1.16 bits per heavy atom. The largest absolute Gasteiger partial charge is 0.493 e. The van der Waals surface area contributed by atoms with Crippen molar-refractivity contribution < 1.29 is 19.4 Å². The number of rotatable bonds is 7. The fourth-order valence-electron chi connectivity index (χ4n) is 3.67. The lowest BCUT2D eigenvalue weighted by atomic mass is 10.2. The second-order valence-corrected chi connectivity index (χ2v) is 8.18. The zero-order chi connectivity index (χ0) is 21.8. The number of carbonyl (C=O) groups is 1. The zero-order valence-electron chi connectivity index (χ0n) is 17.1. The molecule has 0 atom stereocenters. The van der Waals surface area contributed by atoms with E-state index in [1.165, 1.54) is 7.11 Å². The number of ether oxygens (including phenoxy) is 2. The highest BCUT2D eigenvalue weighted by atomic mass is 79.9. The van der Waals surface area contributed by atoms with E-state index in [2.05, 4.69) is 31.1 Å². The van der Waals surface area contributed by atoms with Crippen LogP contribution in [-0.2, 0) is 11.5 Å². The number of amides is 1. The summed E-state index contributed by atoms with van der Waals surface area (Å²) in [4.78, 5) is 14.5. The van der Waals surface area contributed by atoms with E-state index in [0.29, 0.717) is 23.6 Å². The number of para-hydroxylation sites is 2. The molecule has 2 aromatic carbocycles. The Bertz CT molecular complexity index is 1120. The van der Waals surface area contributed by atoms with Gasteiger partial charge in [-0.15, -0.1) is 10.2 Å². The van der Waals surface area contributed by atoms with E-state index < -0.39 is 5.91 Å². The summed E-state index contributed by atoms with van der Waals surface area (Å²) < 4.78 is 13.4. The number of halogens is 1. The van der Waals surface area contributed by atoms with Gasteiger partial charge in [0.2, 0.25) is 5.88 Å². The third-order valence-corrected chi connectivity index (χ3v) is 5.69. The first-order valence-electron chi connectivity index (χ1n) is 10.0. The molecule has 1 aromatic heterocycles. The monoisotopic (exact) mass is 486 g/mol. The summed E-state index contributed by atoms with van der Waals surface area (Å²) in [5.41, 5.74) is 1.10. The molecule has 1 aliphatic heterocycles. The first-order chi connectivity index (χ1) is 15.1. The summed E-state index contributed by atoms with van der Waals surface area (Å²) in [6.45, 7) is 2.25. The molecule has 162 valence electrons. The Balaban J connectivity index is 1.55.